The molecule has 0 saturated carbocycles. The number of aromatic nitrogens is 4. The third-order valence-electron chi connectivity index (χ3n) is 5.17. The maximum absolute atomic E-state index is 12.9. The van der Waals surface area contributed by atoms with Gasteiger partial charge in [0.05, 0.1) is 5.75 Å². The van der Waals surface area contributed by atoms with Gasteiger partial charge in [-0.25, -0.2) is 0 Å². The van der Waals surface area contributed by atoms with Crippen molar-refractivity contribution < 1.29 is 14.3 Å². The van der Waals surface area contributed by atoms with E-state index >= 15 is 0 Å². The maximum Gasteiger partial charge on any atom is 0.192 e. The number of aryl methyl sites for hydroxylation is 1. The fourth-order valence-corrected chi connectivity index (χ4v) is 4.51. The van der Waals surface area contributed by atoms with Crippen LogP contribution >= 0.6 is 11.8 Å². The number of nitrogens with zero attached hydrogens (tertiary/aromatic N) is 3. The summed E-state index contributed by atoms with van der Waals surface area (Å²) < 4.78 is 13.7. The Labute approximate surface area is 177 Å². The summed E-state index contributed by atoms with van der Waals surface area (Å²) in [5.74, 6) is 2.43. The van der Waals surface area contributed by atoms with Crippen LogP contribution in [0.25, 0.3) is 10.9 Å². The second kappa shape index (κ2) is 7.53. The summed E-state index contributed by atoms with van der Waals surface area (Å²) in [6.07, 6.45) is -0.349. The van der Waals surface area contributed by atoms with E-state index < -0.39 is 0 Å². The van der Waals surface area contributed by atoms with Crippen molar-refractivity contribution in [3.8, 4) is 11.5 Å². The highest BCUT2D eigenvalue weighted by atomic mass is 32.2. The lowest BCUT2D eigenvalue weighted by Crippen LogP contribution is -2.24. The average molecular weight is 420 g/mol. The molecule has 2 aromatic carbocycles. The Kier molecular flexibility index (Phi) is 4.71. The SMILES string of the molecule is Cc1[nH]c2ccccc2c1C(=O)CSc1nnc([C@H]2COc3ccccc3O2)n1C. The molecule has 7 nitrogen and oxygen atoms in total. The third-order valence-corrected chi connectivity index (χ3v) is 6.19. The van der Waals surface area contributed by atoms with Gasteiger partial charge in [-0.2, -0.15) is 0 Å². The van der Waals surface area contributed by atoms with Gasteiger partial charge in [0.25, 0.3) is 0 Å². The first-order valence-electron chi connectivity index (χ1n) is 9.63. The molecule has 8 heteroatoms. The van der Waals surface area contributed by atoms with Gasteiger partial charge in [-0.15, -0.1) is 10.2 Å². The Morgan fingerprint density at radius 1 is 1.17 bits per heavy atom. The molecular formula is C22H20N4O3S. The van der Waals surface area contributed by atoms with Gasteiger partial charge in [0, 0.05) is 29.2 Å². The van der Waals surface area contributed by atoms with Crippen LogP contribution in [0, 0.1) is 6.92 Å². The topological polar surface area (TPSA) is 82.0 Å². The molecule has 2 aromatic heterocycles. The van der Waals surface area contributed by atoms with E-state index in [2.05, 4.69) is 15.2 Å². The number of carbonyl (C=O) groups excluding carboxylic acids is 1. The lowest BCUT2D eigenvalue weighted by atomic mass is 10.1. The number of H-pyrrole nitrogens is 1. The molecule has 4 aromatic rings. The van der Waals surface area contributed by atoms with Crippen molar-refractivity contribution in [2.45, 2.75) is 18.2 Å². The highest BCUT2D eigenvalue weighted by molar-refractivity contribution is 7.99. The summed E-state index contributed by atoms with van der Waals surface area (Å²) in [6, 6.07) is 15.4. The summed E-state index contributed by atoms with van der Waals surface area (Å²) in [4.78, 5) is 16.2. The van der Waals surface area contributed by atoms with Crippen molar-refractivity contribution in [2.24, 2.45) is 7.05 Å². The molecular weight excluding hydrogens is 400 g/mol. The number of aromatic amines is 1. The number of carbonyl (C=O) groups is 1. The van der Waals surface area contributed by atoms with Crippen LogP contribution < -0.4 is 9.47 Å². The number of benzene rings is 2. The summed E-state index contributed by atoms with van der Waals surface area (Å²) >= 11 is 1.37. The molecule has 0 unspecified atom stereocenters. The number of Topliss-reactive ketones (excluding diaryl/α,β-unsaturated/α-hetero) is 1. The van der Waals surface area contributed by atoms with Crippen molar-refractivity contribution in [3.05, 3.63) is 65.6 Å². The molecule has 152 valence electrons. The Balaban J connectivity index is 1.32. The van der Waals surface area contributed by atoms with Gasteiger partial charge >= 0.3 is 0 Å². The predicted octanol–water partition coefficient (Wildman–Crippen LogP) is 4.09. The molecule has 1 aliphatic heterocycles. The highest BCUT2D eigenvalue weighted by Crippen LogP contribution is 2.36. The van der Waals surface area contributed by atoms with Crippen LogP contribution in [0.1, 0.15) is 28.0 Å². The maximum atomic E-state index is 12.9. The van der Waals surface area contributed by atoms with E-state index in [1.165, 1.54) is 11.8 Å². The second-order valence-corrected chi connectivity index (χ2v) is 8.09. The van der Waals surface area contributed by atoms with Gasteiger partial charge in [-0.1, -0.05) is 42.1 Å². The van der Waals surface area contributed by atoms with Gasteiger partial charge < -0.3 is 19.0 Å². The first-order valence-corrected chi connectivity index (χ1v) is 10.6. The van der Waals surface area contributed by atoms with E-state index in [4.69, 9.17) is 9.47 Å². The minimum Gasteiger partial charge on any atom is -0.485 e. The molecule has 5 rings (SSSR count). The number of rotatable bonds is 5. The van der Waals surface area contributed by atoms with Crippen LogP contribution in [-0.2, 0) is 7.05 Å². The molecule has 0 radical (unpaired) electrons. The second-order valence-electron chi connectivity index (χ2n) is 7.15. The first kappa shape index (κ1) is 18.7. The Hall–Kier alpha value is -3.26. The quantitative estimate of drug-likeness (QED) is 0.387. The zero-order valence-electron chi connectivity index (χ0n) is 16.6. The lowest BCUT2D eigenvalue weighted by Gasteiger charge is -2.25. The van der Waals surface area contributed by atoms with Crippen molar-refractivity contribution >= 4 is 28.4 Å². The van der Waals surface area contributed by atoms with E-state index in [0.717, 1.165) is 27.9 Å². The molecule has 1 N–H and O–H groups in total. The number of hydrogen-bond donors (Lipinski definition) is 1. The molecule has 0 aliphatic carbocycles. The van der Waals surface area contributed by atoms with E-state index in [-0.39, 0.29) is 17.6 Å². The number of fused-ring (bicyclic) bond motifs is 2. The zero-order chi connectivity index (χ0) is 20.7. The number of para-hydroxylation sites is 3. The molecule has 0 amide bonds. The van der Waals surface area contributed by atoms with Crippen molar-refractivity contribution in [1.82, 2.24) is 19.7 Å². The van der Waals surface area contributed by atoms with Crippen LogP contribution in [0.15, 0.2) is 53.7 Å². The molecule has 0 bridgehead atoms. The zero-order valence-corrected chi connectivity index (χ0v) is 17.4. The molecule has 0 spiro atoms. The summed E-state index contributed by atoms with van der Waals surface area (Å²) in [5, 5.41) is 10.2. The monoisotopic (exact) mass is 420 g/mol. The number of ether oxygens (including phenoxy) is 2. The summed E-state index contributed by atoms with van der Waals surface area (Å²) in [6.45, 7) is 2.29. The van der Waals surface area contributed by atoms with Gasteiger partial charge in [-0.3, -0.25) is 4.79 Å². The van der Waals surface area contributed by atoms with Crippen molar-refractivity contribution in [1.29, 1.82) is 0 Å². The van der Waals surface area contributed by atoms with Gasteiger partial charge in [-0.05, 0) is 25.1 Å². The van der Waals surface area contributed by atoms with Crippen LogP contribution in [0.2, 0.25) is 0 Å². The smallest absolute Gasteiger partial charge is 0.192 e. The number of hydrogen-bond acceptors (Lipinski definition) is 6. The van der Waals surface area contributed by atoms with Crippen LogP contribution in [0.4, 0.5) is 0 Å². The van der Waals surface area contributed by atoms with Gasteiger partial charge in [0.2, 0.25) is 0 Å². The first-order chi connectivity index (χ1) is 14.6. The van der Waals surface area contributed by atoms with E-state index in [1.807, 2.05) is 67.1 Å². The number of nitrogens with one attached hydrogen (secondary N) is 1. The van der Waals surface area contributed by atoms with Crippen LogP contribution in [0.3, 0.4) is 0 Å². The van der Waals surface area contributed by atoms with Crippen molar-refractivity contribution in [3.63, 3.8) is 0 Å². The molecule has 0 saturated heterocycles. The Morgan fingerprint density at radius 2 is 1.93 bits per heavy atom. The normalized spacial score (nSPS) is 15.5. The molecule has 30 heavy (non-hydrogen) atoms. The molecule has 0 fully saturated rings. The average Bonchev–Trinajstić information content (AvgIpc) is 3.30. The predicted molar refractivity (Wildman–Crippen MR) is 114 cm³/mol. The minimum atomic E-state index is -0.349. The largest absolute Gasteiger partial charge is 0.485 e. The fourth-order valence-electron chi connectivity index (χ4n) is 3.72. The highest BCUT2D eigenvalue weighted by Gasteiger charge is 2.27. The molecule has 1 atom stereocenters. The Morgan fingerprint density at radius 3 is 2.80 bits per heavy atom. The summed E-state index contributed by atoms with van der Waals surface area (Å²) in [5.41, 5.74) is 2.59. The van der Waals surface area contributed by atoms with Crippen LogP contribution in [0.5, 0.6) is 11.5 Å². The van der Waals surface area contributed by atoms with Crippen LogP contribution in [-0.4, -0.2) is 37.9 Å². The van der Waals surface area contributed by atoms with Gasteiger partial charge in [0.15, 0.2) is 34.4 Å². The molecule has 1 aliphatic rings. The minimum absolute atomic E-state index is 0.0608. The van der Waals surface area contributed by atoms with E-state index in [9.17, 15) is 4.79 Å². The van der Waals surface area contributed by atoms with Gasteiger partial charge in [0.1, 0.15) is 6.61 Å². The van der Waals surface area contributed by atoms with Crippen molar-refractivity contribution in [2.75, 3.05) is 12.4 Å². The Bertz CT molecular complexity index is 1250. The third kappa shape index (κ3) is 3.23. The van der Waals surface area contributed by atoms with E-state index in [0.29, 0.717) is 23.3 Å². The van der Waals surface area contributed by atoms with E-state index in [1.54, 1.807) is 0 Å². The lowest BCUT2D eigenvalue weighted by molar-refractivity contribution is 0.0825. The standard InChI is InChI=1S/C22H20N4O3S/c1-13-20(14-7-3-4-8-15(14)23-13)16(27)12-30-22-25-24-21(26(22)2)19-11-28-17-9-5-6-10-18(17)29-19/h3-10,19,23H,11-12H2,1-2H3/t19-/m1/s1. The number of thioether (sulfide) groups is 1. The molecule has 3 heterocycles. The summed E-state index contributed by atoms with van der Waals surface area (Å²) in [7, 11) is 1.88. The fraction of sp³-hybridized carbons (Fsp3) is 0.227. The number of ketones is 1.